The van der Waals surface area contributed by atoms with Crippen LogP contribution in [0, 0.1) is 0 Å². The molecule has 35 heavy (non-hydrogen) atoms. The molecule has 0 aromatic heterocycles. The third kappa shape index (κ3) is 8.85. The molecule has 1 atom stereocenters. The zero-order valence-electron chi connectivity index (χ0n) is 21.0. The number of nitrogens with zero attached hydrogens (tertiary/aromatic N) is 2. The van der Waals surface area contributed by atoms with Crippen molar-refractivity contribution < 1.29 is 18.0 Å². The number of rotatable bonds is 13. The molecule has 2 aromatic rings. The molecule has 192 valence electrons. The molecular formula is C26H36ClN3O4S. The van der Waals surface area contributed by atoms with Crippen LogP contribution in [0.15, 0.2) is 48.5 Å². The van der Waals surface area contributed by atoms with Crippen molar-refractivity contribution in [3.8, 4) is 0 Å². The van der Waals surface area contributed by atoms with Crippen LogP contribution >= 0.6 is 11.6 Å². The lowest BCUT2D eigenvalue weighted by Gasteiger charge is -2.29. The smallest absolute Gasteiger partial charge is 0.242 e. The van der Waals surface area contributed by atoms with Gasteiger partial charge < -0.3 is 10.2 Å². The molecule has 0 aliphatic heterocycles. The highest BCUT2D eigenvalue weighted by Crippen LogP contribution is 2.20. The van der Waals surface area contributed by atoms with Crippen LogP contribution in [0.5, 0.6) is 0 Å². The average molecular weight is 522 g/mol. The van der Waals surface area contributed by atoms with E-state index in [2.05, 4.69) is 5.32 Å². The van der Waals surface area contributed by atoms with E-state index < -0.39 is 16.1 Å². The maximum Gasteiger partial charge on any atom is 0.242 e. The van der Waals surface area contributed by atoms with E-state index in [1.807, 2.05) is 32.0 Å². The number of hydrogen-bond donors (Lipinski definition) is 1. The Hall–Kier alpha value is -2.58. The standard InChI is InChI=1S/C26H36ClN3O4S/c1-5-16-28-26(32)20(3)29(19-22-9-7-10-23(27)18-22)25(31)11-8-17-30(35(4,33)34)24-14-12-21(6-2)13-15-24/h7,9-10,12-15,18,20H,5-6,8,11,16-17,19H2,1-4H3,(H,28,32)/t20-/m1/s1. The fourth-order valence-corrected chi connectivity index (χ4v) is 4.89. The van der Waals surface area contributed by atoms with E-state index in [-0.39, 0.29) is 31.3 Å². The molecule has 0 unspecified atom stereocenters. The summed E-state index contributed by atoms with van der Waals surface area (Å²) in [5.74, 6) is -0.449. The van der Waals surface area contributed by atoms with Gasteiger partial charge in [0.2, 0.25) is 21.8 Å². The predicted octanol–water partition coefficient (Wildman–Crippen LogP) is 4.39. The first-order valence-electron chi connectivity index (χ1n) is 11.9. The van der Waals surface area contributed by atoms with E-state index in [1.165, 1.54) is 9.21 Å². The molecule has 0 radical (unpaired) electrons. The monoisotopic (exact) mass is 521 g/mol. The minimum atomic E-state index is -3.52. The molecule has 9 heteroatoms. The maximum atomic E-state index is 13.2. The number of benzene rings is 2. The van der Waals surface area contributed by atoms with E-state index in [9.17, 15) is 18.0 Å². The Morgan fingerprint density at radius 2 is 1.74 bits per heavy atom. The third-order valence-electron chi connectivity index (χ3n) is 5.74. The third-order valence-corrected chi connectivity index (χ3v) is 7.17. The molecule has 0 bridgehead atoms. The van der Waals surface area contributed by atoms with Crippen molar-refractivity contribution in [2.45, 2.75) is 59.0 Å². The second-order valence-corrected chi connectivity index (χ2v) is 10.9. The Kier molecular flexibility index (Phi) is 11.0. The second-order valence-electron chi connectivity index (χ2n) is 8.58. The molecule has 0 saturated carbocycles. The van der Waals surface area contributed by atoms with Crippen molar-refractivity contribution in [3.05, 3.63) is 64.7 Å². The molecule has 0 aliphatic rings. The van der Waals surface area contributed by atoms with Gasteiger partial charge in [-0.2, -0.15) is 0 Å². The Labute approximate surface area is 214 Å². The van der Waals surface area contributed by atoms with E-state index in [1.54, 1.807) is 37.3 Å². The summed E-state index contributed by atoms with van der Waals surface area (Å²) < 4.78 is 26.2. The van der Waals surface area contributed by atoms with Gasteiger partial charge in [-0.05, 0) is 61.6 Å². The van der Waals surface area contributed by atoms with Crippen LogP contribution in [0.3, 0.4) is 0 Å². The average Bonchev–Trinajstić information content (AvgIpc) is 2.82. The zero-order chi connectivity index (χ0) is 26.0. The summed E-state index contributed by atoms with van der Waals surface area (Å²) in [5.41, 5.74) is 2.50. The van der Waals surface area contributed by atoms with Gasteiger partial charge in [0, 0.05) is 31.1 Å². The van der Waals surface area contributed by atoms with Crippen LogP contribution in [0.25, 0.3) is 0 Å². The summed E-state index contributed by atoms with van der Waals surface area (Å²) in [6.07, 6.45) is 3.23. The van der Waals surface area contributed by atoms with Crippen molar-refractivity contribution in [2.75, 3.05) is 23.7 Å². The van der Waals surface area contributed by atoms with Gasteiger partial charge in [-0.25, -0.2) is 8.42 Å². The van der Waals surface area contributed by atoms with Gasteiger partial charge in [-0.3, -0.25) is 13.9 Å². The Bertz CT molecular complexity index is 1090. The summed E-state index contributed by atoms with van der Waals surface area (Å²) in [6.45, 7) is 6.62. The fraction of sp³-hybridized carbons (Fsp3) is 0.462. The molecule has 7 nitrogen and oxygen atoms in total. The number of sulfonamides is 1. The topological polar surface area (TPSA) is 86.8 Å². The number of amides is 2. The van der Waals surface area contributed by atoms with Gasteiger partial charge in [-0.1, -0.05) is 49.7 Å². The minimum Gasteiger partial charge on any atom is -0.354 e. The lowest BCUT2D eigenvalue weighted by atomic mass is 10.1. The number of carbonyl (C=O) groups excluding carboxylic acids is 2. The van der Waals surface area contributed by atoms with Crippen LogP contribution in [-0.4, -0.2) is 50.5 Å². The molecule has 2 aromatic carbocycles. The number of aryl methyl sites for hydroxylation is 1. The number of nitrogens with one attached hydrogen (secondary N) is 1. The van der Waals surface area contributed by atoms with Gasteiger partial charge in [0.05, 0.1) is 11.9 Å². The van der Waals surface area contributed by atoms with Gasteiger partial charge in [-0.15, -0.1) is 0 Å². The summed E-state index contributed by atoms with van der Waals surface area (Å²) in [4.78, 5) is 27.4. The summed E-state index contributed by atoms with van der Waals surface area (Å²) in [7, 11) is -3.52. The highest BCUT2D eigenvalue weighted by molar-refractivity contribution is 7.92. The maximum absolute atomic E-state index is 13.2. The normalized spacial score (nSPS) is 12.1. The number of anilines is 1. The van der Waals surface area contributed by atoms with Crippen molar-refractivity contribution in [1.29, 1.82) is 0 Å². The highest BCUT2D eigenvalue weighted by atomic mass is 35.5. The molecule has 1 N–H and O–H groups in total. The van der Waals surface area contributed by atoms with E-state index in [0.717, 1.165) is 30.2 Å². The molecule has 0 fully saturated rings. The van der Waals surface area contributed by atoms with Crippen molar-refractivity contribution >= 4 is 39.1 Å². The van der Waals surface area contributed by atoms with Gasteiger partial charge in [0.15, 0.2) is 0 Å². The van der Waals surface area contributed by atoms with Crippen molar-refractivity contribution in [3.63, 3.8) is 0 Å². The zero-order valence-corrected chi connectivity index (χ0v) is 22.5. The van der Waals surface area contributed by atoms with Crippen LogP contribution in [0.2, 0.25) is 5.02 Å². The lowest BCUT2D eigenvalue weighted by Crippen LogP contribution is -2.47. The molecular weight excluding hydrogens is 486 g/mol. The predicted molar refractivity (Wildman–Crippen MR) is 142 cm³/mol. The van der Waals surface area contributed by atoms with E-state index in [0.29, 0.717) is 23.7 Å². The molecule has 0 saturated heterocycles. The molecule has 0 aliphatic carbocycles. The van der Waals surface area contributed by atoms with Crippen molar-refractivity contribution in [1.82, 2.24) is 10.2 Å². The lowest BCUT2D eigenvalue weighted by molar-refractivity contribution is -0.140. The van der Waals surface area contributed by atoms with E-state index in [4.69, 9.17) is 11.6 Å². The fourth-order valence-electron chi connectivity index (χ4n) is 3.71. The minimum absolute atomic E-state index is 0.102. The number of hydrogen-bond acceptors (Lipinski definition) is 4. The first-order chi connectivity index (χ1) is 16.6. The van der Waals surface area contributed by atoms with Gasteiger partial charge >= 0.3 is 0 Å². The first kappa shape index (κ1) is 28.7. The number of carbonyl (C=O) groups is 2. The molecule has 0 heterocycles. The van der Waals surface area contributed by atoms with Crippen molar-refractivity contribution in [2.24, 2.45) is 0 Å². The van der Waals surface area contributed by atoms with E-state index >= 15 is 0 Å². The second kappa shape index (κ2) is 13.5. The van der Waals surface area contributed by atoms with Gasteiger partial charge in [0.25, 0.3) is 0 Å². The molecule has 0 spiro atoms. The van der Waals surface area contributed by atoms with Crippen LogP contribution in [0.1, 0.15) is 51.2 Å². The summed E-state index contributed by atoms with van der Waals surface area (Å²) in [6, 6.07) is 13.9. The largest absolute Gasteiger partial charge is 0.354 e. The first-order valence-corrected chi connectivity index (χ1v) is 14.2. The molecule has 2 amide bonds. The molecule has 2 rings (SSSR count). The Balaban J connectivity index is 2.14. The highest BCUT2D eigenvalue weighted by Gasteiger charge is 2.26. The van der Waals surface area contributed by atoms with Crippen LogP contribution in [-0.2, 0) is 32.6 Å². The quantitative estimate of drug-likeness (QED) is 0.423. The number of halogens is 1. The van der Waals surface area contributed by atoms with Crippen LogP contribution < -0.4 is 9.62 Å². The SMILES string of the molecule is CCCNC(=O)[C@@H](C)N(Cc1cccc(Cl)c1)C(=O)CCCN(c1ccc(CC)cc1)S(C)(=O)=O. The van der Waals surface area contributed by atoms with Gasteiger partial charge in [0.1, 0.15) is 6.04 Å². The Morgan fingerprint density at radius 1 is 1.06 bits per heavy atom. The van der Waals surface area contributed by atoms with Crippen LogP contribution in [0.4, 0.5) is 5.69 Å². The summed E-state index contributed by atoms with van der Waals surface area (Å²) >= 11 is 6.11. The Morgan fingerprint density at radius 3 is 2.31 bits per heavy atom. The summed E-state index contributed by atoms with van der Waals surface area (Å²) in [5, 5.41) is 3.39.